The van der Waals surface area contributed by atoms with E-state index in [0.29, 0.717) is 6.61 Å². The summed E-state index contributed by atoms with van der Waals surface area (Å²) < 4.78 is 5.29. The molecule has 0 amide bonds. The second-order valence-corrected chi connectivity index (χ2v) is 6.52. The molecule has 20 heavy (non-hydrogen) atoms. The van der Waals surface area contributed by atoms with E-state index in [0.717, 1.165) is 44.2 Å². The molecule has 0 spiro atoms. The molecule has 114 valence electrons. The van der Waals surface area contributed by atoms with Crippen molar-refractivity contribution in [1.29, 1.82) is 0 Å². The Morgan fingerprint density at radius 2 is 2.20 bits per heavy atom. The van der Waals surface area contributed by atoms with Crippen LogP contribution in [0.25, 0.3) is 0 Å². The lowest BCUT2D eigenvalue weighted by molar-refractivity contribution is 0.181. The molecule has 2 rings (SSSR count). The molecule has 0 atom stereocenters. The lowest BCUT2D eigenvalue weighted by Crippen LogP contribution is -2.25. The Kier molecular flexibility index (Phi) is 6.26. The number of methoxy groups -OCH3 is 1. The van der Waals surface area contributed by atoms with Crippen molar-refractivity contribution >= 4 is 16.5 Å². The number of thiazole rings is 1. The predicted molar refractivity (Wildman–Crippen MR) is 85.4 cm³/mol. The largest absolute Gasteiger partial charge is 0.378 e. The maximum absolute atomic E-state index is 5.29. The minimum Gasteiger partial charge on any atom is -0.378 e. The molecule has 1 N–H and O–H groups in total. The molecule has 1 saturated carbocycles. The van der Waals surface area contributed by atoms with E-state index >= 15 is 0 Å². The molecule has 5 heteroatoms. The first-order chi connectivity index (χ1) is 9.78. The first-order valence-corrected chi connectivity index (χ1v) is 8.53. The number of nitrogens with zero attached hydrogens (tertiary/aromatic N) is 2. The summed E-state index contributed by atoms with van der Waals surface area (Å²) in [6.07, 6.45) is 3.93. The summed E-state index contributed by atoms with van der Waals surface area (Å²) >= 11 is 1.82. The van der Waals surface area contributed by atoms with E-state index in [2.05, 4.69) is 24.1 Å². The fraction of sp³-hybridized carbons (Fsp3) is 0.800. The maximum atomic E-state index is 5.29. The minimum atomic E-state index is 0.612. The topological polar surface area (TPSA) is 37.4 Å². The molecular weight excluding hydrogens is 270 g/mol. The summed E-state index contributed by atoms with van der Waals surface area (Å²) in [6, 6.07) is 0. The summed E-state index contributed by atoms with van der Waals surface area (Å²) in [6.45, 7) is 9.19. The zero-order chi connectivity index (χ0) is 14.4. The number of rotatable bonds is 10. The van der Waals surface area contributed by atoms with Gasteiger partial charge in [0.15, 0.2) is 5.13 Å². The number of hydrogen-bond acceptors (Lipinski definition) is 5. The SMILES string of the molecule is CCCNCc1sc(N(CC)CC2CC2)nc1COC. The third kappa shape index (κ3) is 4.43. The van der Waals surface area contributed by atoms with Crippen molar-refractivity contribution in [3.05, 3.63) is 10.6 Å². The number of hydrogen-bond donors (Lipinski definition) is 1. The first-order valence-electron chi connectivity index (χ1n) is 7.71. The number of nitrogens with one attached hydrogen (secondary N) is 1. The highest BCUT2D eigenvalue weighted by Gasteiger charge is 2.25. The normalized spacial score (nSPS) is 14.8. The second-order valence-electron chi connectivity index (χ2n) is 5.46. The second kappa shape index (κ2) is 7.96. The molecule has 1 aromatic heterocycles. The molecule has 1 aliphatic rings. The lowest BCUT2D eigenvalue weighted by atomic mass is 10.3. The standard InChI is InChI=1S/C15H27N3OS/c1-4-8-16-9-14-13(11-19-3)17-15(20-14)18(5-2)10-12-6-7-12/h12,16H,4-11H2,1-3H3. The van der Waals surface area contributed by atoms with E-state index in [1.165, 1.54) is 22.9 Å². The Balaban J connectivity index is 2.04. The number of ether oxygens (including phenoxy) is 1. The summed E-state index contributed by atoms with van der Waals surface area (Å²) in [5.41, 5.74) is 1.10. The van der Waals surface area contributed by atoms with E-state index in [4.69, 9.17) is 9.72 Å². The molecule has 1 aromatic rings. The summed E-state index contributed by atoms with van der Waals surface area (Å²) in [4.78, 5) is 8.56. The van der Waals surface area contributed by atoms with Gasteiger partial charge in [-0.15, -0.1) is 11.3 Å². The van der Waals surface area contributed by atoms with Gasteiger partial charge in [-0.3, -0.25) is 0 Å². The Bertz CT molecular complexity index is 404. The Morgan fingerprint density at radius 1 is 1.40 bits per heavy atom. The zero-order valence-electron chi connectivity index (χ0n) is 12.9. The molecule has 0 saturated heterocycles. The number of anilines is 1. The van der Waals surface area contributed by atoms with Gasteiger partial charge in [0.1, 0.15) is 0 Å². The molecule has 1 fully saturated rings. The van der Waals surface area contributed by atoms with Crippen LogP contribution >= 0.6 is 11.3 Å². The van der Waals surface area contributed by atoms with E-state index in [-0.39, 0.29) is 0 Å². The van der Waals surface area contributed by atoms with Crippen LogP contribution in [0.5, 0.6) is 0 Å². The average molecular weight is 297 g/mol. The minimum absolute atomic E-state index is 0.612. The van der Waals surface area contributed by atoms with Crippen molar-refractivity contribution in [2.24, 2.45) is 5.92 Å². The molecule has 0 bridgehead atoms. The van der Waals surface area contributed by atoms with Gasteiger partial charge in [0, 0.05) is 31.6 Å². The molecule has 0 radical (unpaired) electrons. The van der Waals surface area contributed by atoms with Crippen LogP contribution in [0, 0.1) is 5.92 Å². The van der Waals surface area contributed by atoms with Crippen LogP contribution in [0.15, 0.2) is 0 Å². The van der Waals surface area contributed by atoms with Gasteiger partial charge in [0.2, 0.25) is 0 Å². The summed E-state index contributed by atoms with van der Waals surface area (Å²) in [7, 11) is 1.74. The molecule has 0 aromatic carbocycles. The van der Waals surface area contributed by atoms with Crippen molar-refractivity contribution in [2.75, 3.05) is 31.6 Å². The van der Waals surface area contributed by atoms with Crippen LogP contribution in [-0.2, 0) is 17.9 Å². The van der Waals surface area contributed by atoms with Gasteiger partial charge >= 0.3 is 0 Å². The zero-order valence-corrected chi connectivity index (χ0v) is 13.8. The van der Waals surface area contributed by atoms with Crippen LogP contribution in [0.4, 0.5) is 5.13 Å². The van der Waals surface area contributed by atoms with Crippen molar-refractivity contribution in [3.63, 3.8) is 0 Å². The average Bonchev–Trinajstić information content (AvgIpc) is 3.19. The summed E-state index contributed by atoms with van der Waals surface area (Å²) in [5.74, 6) is 0.895. The molecule has 1 heterocycles. The van der Waals surface area contributed by atoms with Crippen molar-refractivity contribution in [3.8, 4) is 0 Å². The highest BCUT2D eigenvalue weighted by molar-refractivity contribution is 7.15. The first kappa shape index (κ1) is 15.7. The fourth-order valence-corrected chi connectivity index (χ4v) is 3.33. The Morgan fingerprint density at radius 3 is 2.80 bits per heavy atom. The van der Waals surface area contributed by atoms with Gasteiger partial charge in [0.25, 0.3) is 0 Å². The Labute approximate surface area is 126 Å². The van der Waals surface area contributed by atoms with Crippen LogP contribution < -0.4 is 10.2 Å². The fourth-order valence-electron chi connectivity index (χ4n) is 2.23. The van der Waals surface area contributed by atoms with Crippen molar-refractivity contribution in [2.45, 2.75) is 46.3 Å². The summed E-state index contributed by atoms with van der Waals surface area (Å²) in [5, 5.41) is 4.64. The molecule has 0 aliphatic heterocycles. The highest BCUT2D eigenvalue weighted by Crippen LogP contribution is 2.33. The molecule has 1 aliphatic carbocycles. The van der Waals surface area contributed by atoms with E-state index in [1.54, 1.807) is 7.11 Å². The van der Waals surface area contributed by atoms with Gasteiger partial charge < -0.3 is 15.0 Å². The molecular formula is C15H27N3OS. The van der Waals surface area contributed by atoms with Gasteiger partial charge in [-0.1, -0.05) is 6.92 Å². The highest BCUT2D eigenvalue weighted by atomic mass is 32.1. The van der Waals surface area contributed by atoms with Crippen LogP contribution in [0.3, 0.4) is 0 Å². The number of aromatic nitrogens is 1. The van der Waals surface area contributed by atoms with Gasteiger partial charge in [-0.25, -0.2) is 4.98 Å². The Hall–Kier alpha value is -0.650. The van der Waals surface area contributed by atoms with E-state index < -0.39 is 0 Å². The quantitative estimate of drug-likeness (QED) is 0.674. The molecule has 4 nitrogen and oxygen atoms in total. The third-order valence-corrected chi connectivity index (χ3v) is 4.75. The smallest absolute Gasteiger partial charge is 0.185 e. The van der Waals surface area contributed by atoms with Crippen LogP contribution in [0.1, 0.15) is 43.7 Å². The van der Waals surface area contributed by atoms with Crippen molar-refractivity contribution < 1.29 is 4.74 Å². The van der Waals surface area contributed by atoms with Gasteiger partial charge in [0.05, 0.1) is 12.3 Å². The van der Waals surface area contributed by atoms with Gasteiger partial charge in [-0.2, -0.15) is 0 Å². The van der Waals surface area contributed by atoms with E-state index in [1.807, 2.05) is 11.3 Å². The van der Waals surface area contributed by atoms with Crippen molar-refractivity contribution in [1.82, 2.24) is 10.3 Å². The van der Waals surface area contributed by atoms with Gasteiger partial charge in [-0.05, 0) is 38.6 Å². The maximum Gasteiger partial charge on any atom is 0.185 e. The lowest BCUT2D eigenvalue weighted by Gasteiger charge is -2.19. The van der Waals surface area contributed by atoms with Crippen LogP contribution in [-0.4, -0.2) is 31.7 Å². The van der Waals surface area contributed by atoms with E-state index in [9.17, 15) is 0 Å². The third-order valence-electron chi connectivity index (χ3n) is 3.59. The van der Waals surface area contributed by atoms with Crippen LogP contribution in [0.2, 0.25) is 0 Å². The predicted octanol–water partition coefficient (Wildman–Crippen LogP) is 3.03. The molecule has 0 unspecified atom stereocenters. The monoisotopic (exact) mass is 297 g/mol.